The Labute approximate surface area is 183 Å². The fourth-order valence-corrected chi connectivity index (χ4v) is 7.08. The maximum Gasteiger partial charge on any atom is 0.311 e. The molecule has 2 saturated carbocycles. The number of carbonyl (C=O) groups excluding carboxylic acids is 1. The van der Waals surface area contributed by atoms with E-state index in [0.29, 0.717) is 11.8 Å². The summed E-state index contributed by atoms with van der Waals surface area (Å²) in [6.45, 7) is 13.2. The van der Waals surface area contributed by atoms with E-state index in [1.165, 1.54) is 13.5 Å². The summed E-state index contributed by atoms with van der Waals surface area (Å²) in [6, 6.07) is 0. The number of esters is 1. The highest BCUT2D eigenvalue weighted by atomic mass is 17.2. The number of rotatable bonds is 5. The summed E-state index contributed by atoms with van der Waals surface area (Å²) < 4.78 is 4.85. The van der Waals surface area contributed by atoms with Gasteiger partial charge < -0.3 is 9.84 Å². The van der Waals surface area contributed by atoms with Gasteiger partial charge in [-0.15, -0.1) is 0 Å². The van der Waals surface area contributed by atoms with E-state index in [2.05, 4.69) is 34.6 Å². The van der Waals surface area contributed by atoms with Crippen molar-refractivity contribution in [2.45, 2.75) is 117 Å². The van der Waals surface area contributed by atoms with Crippen LogP contribution in [0.3, 0.4) is 0 Å². The van der Waals surface area contributed by atoms with Gasteiger partial charge >= 0.3 is 5.97 Å². The molecule has 1 heterocycles. The van der Waals surface area contributed by atoms with Gasteiger partial charge in [-0.3, -0.25) is 4.79 Å². The Hall–Kier alpha value is -0.650. The molecule has 1 aliphatic heterocycles. The molecule has 7 atom stereocenters. The molecule has 0 spiro atoms. The van der Waals surface area contributed by atoms with Crippen LogP contribution in [-0.2, 0) is 19.3 Å². The van der Waals surface area contributed by atoms with Crippen molar-refractivity contribution in [3.8, 4) is 0 Å². The van der Waals surface area contributed by atoms with Gasteiger partial charge in [-0.25, -0.2) is 9.78 Å². The van der Waals surface area contributed by atoms with Gasteiger partial charge in [-0.05, 0) is 87.9 Å². The average molecular weight is 425 g/mol. The van der Waals surface area contributed by atoms with Crippen LogP contribution < -0.4 is 0 Å². The van der Waals surface area contributed by atoms with Gasteiger partial charge in [0.15, 0.2) is 0 Å². The average Bonchev–Trinajstić information content (AvgIpc) is 2.69. The maximum absolute atomic E-state index is 11.9. The molecule has 5 nitrogen and oxygen atoms in total. The van der Waals surface area contributed by atoms with Crippen molar-refractivity contribution in [3.05, 3.63) is 0 Å². The second-order valence-corrected chi connectivity index (χ2v) is 11.7. The summed E-state index contributed by atoms with van der Waals surface area (Å²) in [7, 11) is 1.41. The Morgan fingerprint density at radius 3 is 2.43 bits per heavy atom. The first-order valence-corrected chi connectivity index (χ1v) is 12.0. The Morgan fingerprint density at radius 2 is 1.83 bits per heavy atom. The van der Waals surface area contributed by atoms with Crippen LogP contribution in [0.2, 0.25) is 0 Å². The van der Waals surface area contributed by atoms with E-state index in [9.17, 15) is 9.90 Å². The molecule has 3 aliphatic rings. The zero-order valence-electron chi connectivity index (χ0n) is 20.3. The van der Waals surface area contributed by atoms with Crippen LogP contribution in [0.5, 0.6) is 0 Å². The molecule has 4 unspecified atom stereocenters. The van der Waals surface area contributed by atoms with E-state index >= 15 is 0 Å². The molecular formula is C25H44O5. The molecule has 3 rings (SSSR count). The van der Waals surface area contributed by atoms with Gasteiger partial charge in [0.05, 0.1) is 18.6 Å². The van der Waals surface area contributed by atoms with Gasteiger partial charge in [0, 0.05) is 0 Å². The number of hydrogen-bond acceptors (Lipinski definition) is 5. The first-order chi connectivity index (χ1) is 13.9. The topological polar surface area (TPSA) is 65.0 Å². The molecule has 5 heteroatoms. The maximum atomic E-state index is 11.9. The monoisotopic (exact) mass is 424 g/mol. The van der Waals surface area contributed by atoms with Crippen molar-refractivity contribution in [1.29, 1.82) is 0 Å². The summed E-state index contributed by atoms with van der Waals surface area (Å²) in [5, 5.41) is 11.9. The van der Waals surface area contributed by atoms with E-state index in [4.69, 9.17) is 14.5 Å². The van der Waals surface area contributed by atoms with E-state index in [0.717, 1.165) is 51.4 Å². The van der Waals surface area contributed by atoms with Crippen LogP contribution in [0, 0.1) is 28.6 Å². The van der Waals surface area contributed by atoms with Gasteiger partial charge in [0.25, 0.3) is 0 Å². The molecule has 1 saturated heterocycles. The molecule has 174 valence electrons. The highest BCUT2D eigenvalue weighted by Crippen LogP contribution is 2.64. The Kier molecular flexibility index (Phi) is 6.69. The van der Waals surface area contributed by atoms with Gasteiger partial charge in [0.2, 0.25) is 0 Å². The minimum absolute atomic E-state index is 0.0377. The lowest BCUT2D eigenvalue weighted by molar-refractivity contribution is -0.412. The molecule has 0 aromatic carbocycles. The highest BCUT2D eigenvalue weighted by molar-refractivity contribution is 5.72. The van der Waals surface area contributed by atoms with E-state index in [-0.39, 0.29) is 34.4 Å². The Bertz CT molecular complexity index is 623. The normalized spacial score (nSPS) is 44.7. The second-order valence-electron chi connectivity index (χ2n) is 11.7. The smallest absolute Gasteiger partial charge is 0.311 e. The lowest BCUT2D eigenvalue weighted by Crippen LogP contribution is -2.65. The number of carbonyl (C=O) groups is 1. The molecule has 0 aromatic rings. The lowest BCUT2D eigenvalue weighted by atomic mass is 9.43. The summed E-state index contributed by atoms with van der Waals surface area (Å²) in [6.07, 6.45) is 8.77. The Morgan fingerprint density at radius 1 is 1.13 bits per heavy atom. The zero-order chi connectivity index (χ0) is 22.4. The van der Waals surface area contributed by atoms with Crippen LogP contribution in [-0.4, -0.2) is 35.5 Å². The second kappa shape index (κ2) is 8.37. The van der Waals surface area contributed by atoms with Gasteiger partial charge in [-0.2, -0.15) is 0 Å². The van der Waals surface area contributed by atoms with Crippen molar-refractivity contribution in [1.82, 2.24) is 0 Å². The molecule has 3 fully saturated rings. The van der Waals surface area contributed by atoms with Crippen LogP contribution >= 0.6 is 0 Å². The quantitative estimate of drug-likeness (QED) is 0.470. The van der Waals surface area contributed by atoms with Crippen molar-refractivity contribution in [2.24, 2.45) is 28.6 Å². The van der Waals surface area contributed by atoms with E-state index in [1.807, 2.05) is 6.92 Å². The Balaban J connectivity index is 1.67. The highest BCUT2D eigenvalue weighted by Gasteiger charge is 2.63. The van der Waals surface area contributed by atoms with Gasteiger partial charge in [0.1, 0.15) is 11.7 Å². The third-order valence-corrected chi connectivity index (χ3v) is 9.47. The number of ether oxygens (including phenoxy) is 1. The van der Waals surface area contributed by atoms with Crippen LogP contribution in [0.15, 0.2) is 0 Å². The van der Waals surface area contributed by atoms with Crippen LogP contribution in [0.1, 0.15) is 99.3 Å². The minimum atomic E-state index is -0.596. The largest absolute Gasteiger partial charge is 0.469 e. The molecule has 1 N–H and O–H groups in total. The predicted octanol–water partition coefficient (Wildman–Crippen LogP) is 5.44. The first kappa shape index (κ1) is 24.0. The van der Waals surface area contributed by atoms with Crippen molar-refractivity contribution in [3.63, 3.8) is 0 Å². The fourth-order valence-electron chi connectivity index (χ4n) is 7.08. The fraction of sp³-hybridized carbons (Fsp3) is 0.960. The molecule has 0 amide bonds. The third kappa shape index (κ3) is 3.95. The summed E-state index contributed by atoms with van der Waals surface area (Å²) in [5.41, 5.74) is -1.03. The standard InChI is InChI=1S/C25H44O5/c1-17-9-16-25(27)22(3,4)12-8-13-24(25,6)19(17)10-14-23(5)15-11-20(29-30-23)18(2)21(26)28-7/h17-20,27H,8-16H2,1-7H3/t17?,18-,19?,20+,23-,24?,25?/m0/s1. The SMILES string of the molecule is COC(=O)[C@@H](C)[C@H]1CC[C@](C)(CCC2C(C)CCC3(O)C(C)(C)CCCC23C)OO1. The van der Waals surface area contributed by atoms with Crippen LogP contribution in [0.25, 0.3) is 0 Å². The molecular weight excluding hydrogens is 380 g/mol. The predicted molar refractivity (Wildman–Crippen MR) is 117 cm³/mol. The lowest BCUT2D eigenvalue weighted by Gasteiger charge is -2.64. The molecule has 0 bridgehead atoms. The van der Waals surface area contributed by atoms with E-state index < -0.39 is 5.60 Å². The number of aliphatic hydroxyl groups is 1. The number of fused-ring (bicyclic) bond motifs is 1. The molecule has 0 radical (unpaired) electrons. The summed E-state index contributed by atoms with van der Waals surface area (Å²) in [4.78, 5) is 23.4. The van der Waals surface area contributed by atoms with Crippen LogP contribution in [0.4, 0.5) is 0 Å². The minimum Gasteiger partial charge on any atom is -0.469 e. The number of hydrogen-bond donors (Lipinski definition) is 1. The summed E-state index contributed by atoms with van der Waals surface area (Å²) >= 11 is 0. The third-order valence-electron chi connectivity index (χ3n) is 9.47. The van der Waals surface area contributed by atoms with E-state index in [1.54, 1.807) is 0 Å². The van der Waals surface area contributed by atoms with Crippen molar-refractivity contribution in [2.75, 3.05) is 7.11 Å². The molecule has 2 aliphatic carbocycles. The zero-order valence-corrected chi connectivity index (χ0v) is 20.3. The summed E-state index contributed by atoms with van der Waals surface area (Å²) in [5.74, 6) is 0.499. The van der Waals surface area contributed by atoms with Gasteiger partial charge in [-0.1, -0.05) is 34.1 Å². The van der Waals surface area contributed by atoms with Crippen molar-refractivity contribution >= 4 is 5.97 Å². The molecule has 0 aromatic heterocycles. The molecule has 30 heavy (non-hydrogen) atoms. The van der Waals surface area contributed by atoms with Crippen molar-refractivity contribution < 1.29 is 24.4 Å². The first-order valence-electron chi connectivity index (χ1n) is 12.0. The number of methoxy groups -OCH3 is 1.